The standard InChI is InChI=1S/C16H18N2O2/c1-11-5-3-4-6-13(11)14-10-18-9-12(16(19)20-2)7-8-15(18)17-14/h3-6,10,12H,7-9H2,1-2H3. The number of hydrogen-bond donors (Lipinski definition) is 0. The third-order valence-electron chi connectivity index (χ3n) is 3.95. The molecule has 1 aromatic carbocycles. The van der Waals surface area contributed by atoms with Crippen LogP contribution in [0.2, 0.25) is 0 Å². The highest BCUT2D eigenvalue weighted by molar-refractivity contribution is 5.72. The lowest BCUT2D eigenvalue weighted by Crippen LogP contribution is -2.27. The van der Waals surface area contributed by atoms with E-state index in [4.69, 9.17) is 9.72 Å². The van der Waals surface area contributed by atoms with Crippen molar-refractivity contribution in [2.24, 2.45) is 5.92 Å². The number of rotatable bonds is 2. The van der Waals surface area contributed by atoms with E-state index in [0.29, 0.717) is 6.54 Å². The summed E-state index contributed by atoms with van der Waals surface area (Å²) >= 11 is 0. The van der Waals surface area contributed by atoms with Crippen LogP contribution < -0.4 is 0 Å². The molecule has 2 aromatic rings. The molecule has 0 amide bonds. The smallest absolute Gasteiger partial charge is 0.310 e. The van der Waals surface area contributed by atoms with E-state index in [0.717, 1.165) is 29.9 Å². The van der Waals surface area contributed by atoms with Gasteiger partial charge in [-0.1, -0.05) is 24.3 Å². The van der Waals surface area contributed by atoms with Gasteiger partial charge in [-0.3, -0.25) is 4.79 Å². The first-order chi connectivity index (χ1) is 9.69. The number of esters is 1. The summed E-state index contributed by atoms with van der Waals surface area (Å²) in [5.41, 5.74) is 3.36. The lowest BCUT2D eigenvalue weighted by molar-refractivity contribution is -0.146. The Bertz CT molecular complexity index is 646. The van der Waals surface area contributed by atoms with Crippen LogP contribution in [0, 0.1) is 12.8 Å². The molecule has 1 aromatic heterocycles. The van der Waals surface area contributed by atoms with Gasteiger partial charge in [0.1, 0.15) is 5.82 Å². The number of aromatic nitrogens is 2. The first-order valence-electron chi connectivity index (χ1n) is 6.89. The number of imidazole rings is 1. The molecule has 0 spiro atoms. The molecule has 1 atom stereocenters. The maximum Gasteiger partial charge on any atom is 0.310 e. The average molecular weight is 270 g/mol. The molecule has 1 unspecified atom stereocenters. The third kappa shape index (κ3) is 2.22. The minimum absolute atomic E-state index is 0.0496. The SMILES string of the molecule is COC(=O)C1CCc2nc(-c3ccccc3C)cn2C1. The highest BCUT2D eigenvalue weighted by Gasteiger charge is 2.26. The van der Waals surface area contributed by atoms with E-state index in [-0.39, 0.29) is 11.9 Å². The molecule has 104 valence electrons. The summed E-state index contributed by atoms with van der Waals surface area (Å²) in [6.07, 6.45) is 3.69. The van der Waals surface area contributed by atoms with Gasteiger partial charge in [0.15, 0.2) is 0 Å². The van der Waals surface area contributed by atoms with Crippen molar-refractivity contribution in [2.75, 3.05) is 7.11 Å². The number of fused-ring (bicyclic) bond motifs is 1. The number of ether oxygens (including phenoxy) is 1. The molecule has 0 aliphatic carbocycles. The molecular formula is C16H18N2O2. The average Bonchev–Trinajstić information content (AvgIpc) is 2.89. The number of nitrogens with zero attached hydrogens (tertiary/aromatic N) is 2. The summed E-state index contributed by atoms with van der Waals surface area (Å²) < 4.78 is 6.93. The molecule has 20 heavy (non-hydrogen) atoms. The maximum absolute atomic E-state index is 11.7. The van der Waals surface area contributed by atoms with Gasteiger partial charge in [0.05, 0.1) is 18.7 Å². The predicted octanol–water partition coefficient (Wildman–Crippen LogP) is 2.59. The molecule has 2 heterocycles. The summed E-state index contributed by atoms with van der Waals surface area (Å²) in [7, 11) is 1.45. The summed E-state index contributed by atoms with van der Waals surface area (Å²) in [5.74, 6) is 0.886. The second kappa shape index (κ2) is 5.12. The van der Waals surface area contributed by atoms with E-state index < -0.39 is 0 Å². The third-order valence-corrected chi connectivity index (χ3v) is 3.95. The molecule has 0 saturated carbocycles. The Hall–Kier alpha value is -2.10. The van der Waals surface area contributed by atoms with Crippen LogP contribution in [0.3, 0.4) is 0 Å². The summed E-state index contributed by atoms with van der Waals surface area (Å²) in [6, 6.07) is 8.23. The monoisotopic (exact) mass is 270 g/mol. The number of aryl methyl sites for hydroxylation is 2. The minimum atomic E-state index is -0.123. The van der Waals surface area contributed by atoms with Crippen LogP contribution in [0.4, 0.5) is 0 Å². The highest BCUT2D eigenvalue weighted by Crippen LogP contribution is 2.27. The summed E-state index contributed by atoms with van der Waals surface area (Å²) in [5, 5.41) is 0. The van der Waals surface area contributed by atoms with E-state index in [9.17, 15) is 4.79 Å². The van der Waals surface area contributed by atoms with E-state index in [1.807, 2.05) is 18.3 Å². The fraction of sp³-hybridized carbons (Fsp3) is 0.375. The first-order valence-corrected chi connectivity index (χ1v) is 6.89. The number of benzene rings is 1. The fourth-order valence-electron chi connectivity index (χ4n) is 2.79. The van der Waals surface area contributed by atoms with Crippen LogP contribution >= 0.6 is 0 Å². The van der Waals surface area contributed by atoms with E-state index in [2.05, 4.69) is 23.6 Å². The molecule has 0 fully saturated rings. The lowest BCUT2D eigenvalue weighted by Gasteiger charge is -2.21. The Morgan fingerprint density at radius 3 is 2.95 bits per heavy atom. The predicted molar refractivity (Wildman–Crippen MR) is 76.2 cm³/mol. The second-order valence-electron chi connectivity index (χ2n) is 5.27. The fourth-order valence-corrected chi connectivity index (χ4v) is 2.79. The van der Waals surface area contributed by atoms with E-state index in [1.165, 1.54) is 12.7 Å². The van der Waals surface area contributed by atoms with Crippen LogP contribution in [0.1, 0.15) is 17.8 Å². The maximum atomic E-state index is 11.7. The second-order valence-corrected chi connectivity index (χ2v) is 5.27. The van der Waals surface area contributed by atoms with E-state index >= 15 is 0 Å². The summed E-state index contributed by atoms with van der Waals surface area (Å²) in [6.45, 7) is 2.76. The zero-order valence-electron chi connectivity index (χ0n) is 11.8. The van der Waals surface area contributed by atoms with Crippen molar-refractivity contribution in [1.82, 2.24) is 9.55 Å². The Kier molecular flexibility index (Phi) is 3.30. The Morgan fingerprint density at radius 2 is 2.20 bits per heavy atom. The van der Waals surface area contributed by atoms with Gasteiger partial charge in [0.25, 0.3) is 0 Å². The van der Waals surface area contributed by atoms with Crippen LogP contribution in [0.15, 0.2) is 30.5 Å². The van der Waals surface area contributed by atoms with Crippen molar-refractivity contribution in [1.29, 1.82) is 0 Å². The molecule has 0 radical (unpaired) electrons. The van der Waals surface area contributed by atoms with Crippen LogP contribution in [0.5, 0.6) is 0 Å². The molecule has 4 heteroatoms. The molecule has 0 bridgehead atoms. The van der Waals surface area contributed by atoms with Gasteiger partial charge in [-0.15, -0.1) is 0 Å². The molecule has 3 rings (SSSR count). The van der Waals surface area contributed by atoms with Crippen molar-refractivity contribution < 1.29 is 9.53 Å². The number of hydrogen-bond acceptors (Lipinski definition) is 3. The largest absolute Gasteiger partial charge is 0.469 e. The van der Waals surface area contributed by atoms with Gasteiger partial charge in [-0.05, 0) is 18.9 Å². The van der Waals surface area contributed by atoms with Gasteiger partial charge in [-0.25, -0.2) is 4.98 Å². The molecular weight excluding hydrogens is 252 g/mol. The van der Waals surface area contributed by atoms with Gasteiger partial charge in [0, 0.05) is 24.7 Å². The quantitative estimate of drug-likeness (QED) is 0.788. The van der Waals surface area contributed by atoms with Crippen LogP contribution in [0.25, 0.3) is 11.3 Å². The zero-order valence-corrected chi connectivity index (χ0v) is 11.8. The first kappa shape index (κ1) is 12.9. The Morgan fingerprint density at radius 1 is 1.40 bits per heavy atom. The van der Waals surface area contributed by atoms with Gasteiger partial charge >= 0.3 is 5.97 Å². The highest BCUT2D eigenvalue weighted by atomic mass is 16.5. The van der Waals surface area contributed by atoms with Gasteiger partial charge < -0.3 is 9.30 Å². The van der Waals surface area contributed by atoms with Gasteiger partial charge in [0.2, 0.25) is 0 Å². The van der Waals surface area contributed by atoms with Crippen molar-refractivity contribution >= 4 is 5.97 Å². The minimum Gasteiger partial charge on any atom is -0.469 e. The molecule has 0 saturated heterocycles. The number of carbonyl (C=O) groups is 1. The molecule has 1 aliphatic rings. The van der Waals surface area contributed by atoms with E-state index in [1.54, 1.807) is 0 Å². The summed E-state index contributed by atoms with van der Waals surface area (Å²) in [4.78, 5) is 16.4. The lowest BCUT2D eigenvalue weighted by atomic mass is 10.00. The molecule has 4 nitrogen and oxygen atoms in total. The van der Waals surface area contributed by atoms with Crippen molar-refractivity contribution in [2.45, 2.75) is 26.3 Å². The van der Waals surface area contributed by atoms with Crippen LogP contribution in [-0.2, 0) is 22.5 Å². The van der Waals surface area contributed by atoms with Gasteiger partial charge in [-0.2, -0.15) is 0 Å². The van der Waals surface area contributed by atoms with Crippen LogP contribution in [-0.4, -0.2) is 22.6 Å². The number of methoxy groups -OCH3 is 1. The van der Waals surface area contributed by atoms with Crippen molar-refractivity contribution in [3.63, 3.8) is 0 Å². The normalized spacial score (nSPS) is 17.6. The molecule has 0 N–H and O–H groups in total. The number of carbonyl (C=O) groups excluding carboxylic acids is 1. The Labute approximate surface area is 118 Å². The van der Waals surface area contributed by atoms with Crippen molar-refractivity contribution in [3.05, 3.63) is 41.9 Å². The Balaban J connectivity index is 1.91. The topological polar surface area (TPSA) is 44.1 Å². The van der Waals surface area contributed by atoms with Crippen molar-refractivity contribution in [3.8, 4) is 11.3 Å². The zero-order chi connectivity index (χ0) is 14.1. The molecule has 1 aliphatic heterocycles.